The van der Waals surface area contributed by atoms with E-state index in [1.54, 1.807) is 24.3 Å². The first kappa shape index (κ1) is 12.1. The predicted molar refractivity (Wildman–Crippen MR) is 64.0 cm³/mol. The molecule has 94 valence electrons. The van der Waals surface area contributed by atoms with Gasteiger partial charge in [0.05, 0.1) is 12.6 Å². The first-order valence-corrected chi connectivity index (χ1v) is 5.37. The highest BCUT2D eigenvalue weighted by molar-refractivity contribution is 5.31. The van der Waals surface area contributed by atoms with E-state index in [-0.39, 0.29) is 11.6 Å². The number of aromatic hydroxyl groups is 1. The molecule has 0 unspecified atom stereocenters. The molecule has 18 heavy (non-hydrogen) atoms. The normalized spacial score (nSPS) is 10.4. The zero-order valence-electron chi connectivity index (χ0n) is 9.50. The molecule has 2 N–H and O–H groups in total. The topological polar surface area (TPSA) is 88.5 Å². The number of phenols is 1. The molecule has 0 radical (unpaired) electrons. The fourth-order valence-electron chi connectivity index (χ4n) is 1.54. The molecule has 0 amide bonds. The Balaban J connectivity index is 1.88. The van der Waals surface area contributed by atoms with Gasteiger partial charge in [0, 0.05) is 12.1 Å². The Kier molecular flexibility index (Phi) is 3.59. The van der Waals surface area contributed by atoms with Crippen molar-refractivity contribution in [2.45, 2.75) is 13.1 Å². The van der Waals surface area contributed by atoms with E-state index in [9.17, 15) is 15.2 Å². The molecule has 0 fully saturated rings. The Morgan fingerprint density at radius 2 is 2.00 bits per heavy atom. The lowest BCUT2D eigenvalue weighted by Gasteiger charge is -2.04. The number of rotatable bonds is 5. The van der Waals surface area contributed by atoms with Crippen LogP contribution in [0.1, 0.15) is 11.3 Å². The molecule has 1 heterocycles. The number of hydrogen-bond donors (Lipinski definition) is 2. The van der Waals surface area contributed by atoms with E-state index in [1.807, 2.05) is 6.07 Å². The fourth-order valence-corrected chi connectivity index (χ4v) is 1.54. The summed E-state index contributed by atoms with van der Waals surface area (Å²) in [6, 6.07) is 9.85. The van der Waals surface area contributed by atoms with Gasteiger partial charge in [-0.2, -0.15) is 0 Å². The molecule has 1 aromatic carbocycles. The van der Waals surface area contributed by atoms with Crippen LogP contribution in [-0.4, -0.2) is 10.0 Å². The van der Waals surface area contributed by atoms with Crippen LogP contribution in [0, 0.1) is 10.1 Å². The maximum absolute atomic E-state index is 10.4. The summed E-state index contributed by atoms with van der Waals surface area (Å²) in [6.07, 6.45) is 0. The maximum atomic E-state index is 10.4. The molecule has 6 nitrogen and oxygen atoms in total. The van der Waals surface area contributed by atoms with Crippen LogP contribution in [0.3, 0.4) is 0 Å². The van der Waals surface area contributed by atoms with Gasteiger partial charge in [-0.25, -0.2) is 0 Å². The minimum Gasteiger partial charge on any atom is -0.508 e. The lowest BCUT2D eigenvalue weighted by molar-refractivity contribution is -0.402. The van der Waals surface area contributed by atoms with E-state index >= 15 is 0 Å². The van der Waals surface area contributed by atoms with Crippen molar-refractivity contribution in [3.8, 4) is 5.75 Å². The summed E-state index contributed by atoms with van der Waals surface area (Å²) >= 11 is 0. The summed E-state index contributed by atoms with van der Waals surface area (Å²) in [4.78, 5) is 9.84. The second kappa shape index (κ2) is 5.33. The van der Waals surface area contributed by atoms with E-state index in [2.05, 4.69) is 5.32 Å². The lowest BCUT2D eigenvalue weighted by Crippen LogP contribution is -2.12. The minimum atomic E-state index is -0.577. The van der Waals surface area contributed by atoms with Gasteiger partial charge in [-0.1, -0.05) is 18.2 Å². The molecule has 6 heteroatoms. The van der Waals surface area contributed by atoms with Crippen molar-refractivity contribution < 1.29 is 14.4 Å². The number of benzene rings is 1. The highest BCUT2D eigenvalue weighted by Gasteiger charge is 2.11. The molecular weight excluding hydrogens is 236 g/mol. The summed E-state index contributed by atoms with van der Waals surface area (Å²) in [6.45, 7) is 0.823. The van der Waals surface area contributed by atoms with E-state index in [0.717, 1.165) is 5.56 Å². The van der Waals surface area contributed by atoms with E-state index in [1.165, 1.54) is 6.07 Å². The van der Waals surface area contributed by atoms with Crippen LogP contribution in [0.5, 0.6) is 5.75 Å². The quantitative estimate of drug-likeness (QED) is 0.625. The van der Waals surface area contributed by atoms with Gasteiger partial charge < -0.3 is 14.8 Å². The zero-order chi connectivity index (χ0) is 13.0. The third-order valence-corrected chi connectivity index (χ3v) is 2.43. The van der Waals surface area contributed by atoms with Gasteiger partial charge in [-0.05, 0) is 12.1 Å². The van der Waals surface area contributed by atoms with Crippen molar-refractivity contribution in [2.24, 2.45) is 0 Å². The average Bonchev–Trinajstić information content (AvgIpc) is 2.80. The van der Waals surface area contributed by atoms with E-state index in [4.69, 9.17) is 4.42 Å². The standard InChI is InChI=1S/C12H12N2O4/c15-11-4-2-1-3-9(11)7-13-8-10-5-6-12(18-10)14(16)17/h1-6,13,15H,7-8H2. The van der Waals surface area contributed by atoms with Gasteiger partial charge >= 0.3 is 5.88 Å². The number of furan rings is 1. The van der Waals surface area contributed by atoms with Crippen molar-refractivity contribution in [3.63, 3.8) is 0 Å². The van der Waals surface area contributed by atoms with Crippen LogP contribution >= 0.6 is 0 Å². The monoisotopic (exact) mass is 248 g/mol. The third kappa shape index (κ3) is 2.86. The molecular formula is C12H12N2O4. The van der Waals surface area contributed by atoms with Gasteiger partial charge in [-0.3, -0.25) is 10.1 Å². The lowest BCUT2D eigenvalue weighted by atomic mass is 10.2. The first-order valence-electron chi connectivity index (χ1n) is 5.37. The smallest absolute Gasteiger partial charge is 0.433 e. The Morgan fingerprint density at radius 3 is 2.67 bits per heavy atom. The maximum Gasteiger partial charge on any atom is 0.433 e. The molecule has 0 saturated heterocycles. The number of nitrogens with one attached hydrogen (secondary N) is 1. The summed E-state index contributed by atoms with van der Waals surface area (Å²) in [5.74, 6) is 0.432. The Labute approximate surface area is 103 Å². The number of hydrogen-bond acceptors (Lipinski definition) is 5. The van der Waals surface area contributed by atoms with Crippen molar-refractivity contribution in [2.75, 3.05) is 0 Å². The molecule has 0 aliphatic carbocycles. The summed E-state index contributed by atoms with van der Waals surface area (Å²) < 4.78 is 4.99. The van der Waals surface area contributed by atoms with Crippen LogP contribution in [0.4, 0.5) is 5.88 Å². The van der Waals surface area contributed by atoms with Gasteiger partial charge in [0.2, 0.25) is 0 Å². The van der Waals surface area contributed by atoms with Crippen LogP contribution in [0.2, 0.25) is 0 Å². The summed E-state index contributed by atoms with van der Waals surface area (Å²) in [5, 5.41) is 23.0. The van der Waals surface area contributed by atoms with Gasteiger partial charge in [0.15, 0.2) is 0 Å². The largest absolute Gasteiger partial charge is 0.508 e. The molecule has 0 spiro atoms. The molecule has 2 rings (SSSR count). The highest BCUT2D eigenvalue weighted by atomic mass is 16.6. The molecule has 0 atom stereocenters. The zero-order valence-corrected chi connectivity index (χ0v) is 9.50. The molecule has 0 bridgehead atoms. The van der Waals surface area contributed by atoms with Crippen LogP contribution < -0.4 is 5.32 Å². The molecule has 2 aromatic rings. The average molecular weight is 248 g/mol. The van der Waals surface area contributed by atoms with E-state index in [0.29, 0.717) is 18.8 Å². The fraction of sp³-hybridized carbons (Fsp3) is 0.167. The molecule has 0 saturated carbocycles. The first-order chi connectivity index (χ1) is 8.66. The third-order valence-electron chi connectivity index (χ3n) is 2.43. The molecule has 0 aliphatic heterocycles. The number of phenolic OH excluding ortho intramolecular Hbond substituents is 1. The van der Waals surface area contributed by atoms with Crippen molar-refractivity contribution in [3.05, 3.63) is 57.8 Å². The minimum absolute atomic E-state index is 0.218. The van der Waals surface area contributed by atoms with Crippen molar-refractivity contribution in [1.82, 2.24) is 5.32 Å². The molecule has 1 aromatic heterocycles. The summed E-state index contributed by atoms with van der Waals surface area (Å²) in [7, 11) is 0. The number of nitrogens with zero attached hydrogens (tertiary/aromatic N) is 1. The van der Waals surface area contributed by atoms with Gasteiger partial charge in [-0.15, -0.1) is 0 Å². The van der Waals surface area contributed by atoms with Crippen LogP contribution in [-0.2, 0) is 13.1 Å². The SMILES string of the molecule is O=[N+]([O-])c1ccc(CNCc2ccccc2O)o1. The van der Waals surface area contributed by atoms with Crippen LogP contribution in [0.15, 0.2) is 40.8 Å². The number of nitro groups is 1. The van der Waals surface area contributed by atoms with E-state index < -0.39 is 4.92 Å². The Morgan fingerprint density at radius 1 is 1.22 bits per heavy atom. The molecule has 0 aliphatic rings. The Bertz CT molecular complexity index is 551. The van der Waals surface area contributed by atoms with Crippen molar-refractivity contribution >= 4 is 5.88 Å². The van der Waals surface area contributed by atoms with Gasteiger partial charge in [0.1, 0.15) is 16.4 Å². The Hall–Kier alpha value is -2.34. The van der Waals surface area contributed by atoms with Crippen molar-refractivity contribution in [1.29, 1.82) is 0 Å². The second-order valence-corrected chi connectivity index (χ2v) is 3.73. The highest BCUT2D eigenvalue weighted by Crippen LogP contribution is 2.17. The second-order valence-electron chi connectivity index (χ2n) is 3.73. The van der Waals surface area contributed by atoms with Crippen LogP contribution in [0.25, 0.3) is 0 Å². The summed E-state index contributed by atoms with van der Waals surface area (Å²) in [5.41, 5.74) is 0.763. The van der Waals surface area contributed by atoms with Gasteiger partial charge in [0.25, 0.3) is 0 Å². The predicted octanol–water partition coefficient (Wildman–Crippen LogP) is 2.18. The number of para-hydroxylation sites is 1.